The number of carbonyl (C=O) groups is 1. The van der Waals surface area contributed by atoms with Crippen molar-refractivity contribution in [3.8, 4) is 0 Å². The highest BCUT2D eigenvalue weighted by Crippen LogP contribution is 2.34. The van der Waals surface area contributed by atoms with Gasteiger partial charge >= 0.3 is 0 Å². The molecule has 0 spiro atoms. The van der Waals surface area contributed by atoms with Crippen LogP contribution in [-0.4, -0.2) is 36.0 Å². The predicted molar refractivity (Wildman–Crippen MR) is 85.2 cm³/mol. The highest BCUT2D eigenvalue weighted by Gasteiger charge is 2.35. The van der Waals surface area contributed by atoms with E-state index >= 15 is 0 Å². The first-order valence-corrected chi connectivity index (χ1v) is 7.72. The van der Waals surface area contributed by atoms with Crippen LogP contribution in [0.2, 0.25) is 0 Å². The van der Waals surface area contributed by atoms with Crippen LogP contribution in [0.1, 0.15) is 42.5 Å². The average Bonchev–Trinajstić information content (AvgIpc) is 2.42. The zero-order valence-electron chi connectivity index (χ0n) is 12.5. The summed E-state index contributed by atoms with van der Waals surface area (Å²) >= 11 is 0. The number of piperidine rings is 2. The molecule has 2 bridgehead atoms. The quantitative estimate of drug-likeness (QED) is 0.740. The Morgan fingerprint density at radius 2 is 1.95 bits per heavy atom. The number of fused-ring (bicyclic) bond motifs is 2. The fraction of sp³-hybridized carbons (Fsp3) is 0.562. The molecule has 21 heavy (non-hydrogen) atoms. The van der Waals surface area contributed by atoms with E-state index in [9.17, 15) is 4.79 Å². The third-order valence-electron chi connectivity index (χ3n) is 5.03. The van der Waals surface area contributed by atoms with Gasteiger partial charge in [-0.3, -0.25) is 4.79 Å². The molecule has 1 amide bonds. The molecule has 114 valence electrons. The van der Waals surface area contributed by atoms with Crippen LogP contribution in [0.3, 0.4) is 0 Å². The van der Waals surface area contributed by atoms with Gasteiger partial charge < -0.3 is 21.7 Å². The summed E-state index contributed by atoms with van der Waals surface area (Å²) in [6.07, 6.45) is 6.24. The lowest BCUT2D eigenvalue weighted by Gasteiger charge is -2.47. The van der Waals surface area contributed by atoms with Gasteiger partial charge in [-0.05, 0) is 50.9 Å². The minimum absolute atomic E-state index is 0.396. The number of nitrogens with one attached hydrogen (secondary N) is 1. The van der Waals surface area contributed by atoms with E-state index in [0.717, 1.165) is 18.5 Å². The van der Waals surface area contributed by atoms with Crippen LogP contribution >= 0.6 is 0 Å². The number of hydrogen-bond donors (Lipinski definition) is 3. The molecule has 2 aliphatic heterocycles. The molecule has 5 nitrogen and oxygen atoms in total. The van der Waals surface area contributed by atoms with E-state index in [-0.39, 0.29) is 0 Å². The average molecular weight is 288 g/mol. The number of rotatable bonds is 3. The first-order chi connectivity index (χ1) is 10.0. The van der Waals surface area contributed by atoms with E-state index in [0.29, 0.717) is 29.4 Å². The van der Waals surface area contributed by atoms with Crippen molar-refractivity contribution in [2.75, 3.05) is 18.1 Å². The Morgan fingerprint density at radius 3 is 2.57 bits per heavy atom. The summed E-state index contributed by atoms with van der Waals surface area (Å²) < 4.78 is 0. The minimum atomic E-state index is -0.476. The summed E-state index contributed by atoms with van der Waals surface area (Å²) in [6, 6.07) is 7.26. The number of anilines is 2. The molecular formula is C16H24N4O. The van der Waals surface area contributed by atoms with Crippen molar-refractivity contribution in [3.63, 3.8) is 0 Å². The molecule has 1 aromatic rings. The van der Waals surface area contributed by atoms with Gasteiger partial charge in [-0.15, -0.1) is 0 Å². The molecule has 5 heteroatoms. The number of carbonyl (C=O) groups excluding carboxylic acids is 1. The first-order valence-electron chi connectivity index (χ1n) is 7.72. The molecule has 2 heterocycles. The van der Waals surface area contributed by atoms with Crippen molar-refractivity contribution in [3.05, 3.63) is 23.8 Å². The number of nitrogens with zero attached hydrogens (tertiary/aromatic N) is 1. The zero-order valence-corrected chi connectivity index (χ0v) is 12.5. The van der Waals surface area contributed by atoms with E-state index in [1.54, 1.807) is 12.1 Å². The van der Waals surface area contributed by atoms with Gasteiger partial charge in [0.05, 0.1) is 5.56 Å². The maximum Gasteiger partial charge on any atom is 0.250 e. The van der Waals surface area contributed by atoms with Crippen molar-refractivity contribution in [1.82, 2.24) is 4.90 Å². The summed E-state index contributed by atoms with van der Waals surface area (Å²) in [4.78, 5) is 13.9. The van der Waals surface area contributed by atoms with E-state index in [2.05, 4.69) is 17.3 Å². The summed E-state index contributed by atoms with van der Waals surface area (Å²) in [5.74, 6) is -0.476. The summed E-state index contributed by atoms with van der Waals surface area (Å²) in [5.41, 5.74) is 12.9. The number of hydrogen-bond acceptors (Lipinski definition) is 4. The van der Waals surface area contributed by atoms with Crippen molar-refractivity contribution >= 4 is 17.3 Å². The van der Waals surface area contributed by atoms with Gasteiger partial charge in [0.25, 0.3) is 5.91 Å². The van der Waals surface area contributed by atoms with Crippen LogP contribution in [0.5, 0.6) is 0 Å². The smallest absolute Gasteiger partial charge is 0.250 e. The zero-order chi connectivity index (χ0) is 15.0. The maximum absolute atomic E-state index is 11.4. The van der Waals surface area contributed by atoms with Gasteiger partial charge in [0.1, 0.15) is 0 Å². The van der Waals surface area contributed by atoms with Crippen molar-refractivity contribution in [1.29, 1.82) is 0 Å². The molecule has 0 saturated carbocycles. The van der Waals surface area contributed by atoms with Gasteiger partial charge in [-0.2, -0.15) is 0 Å². The second-order valence-corrected chi connectivity index (χ2v) is 6.38. The second-order valence-electron chi connectivity index (χ2n) is 6.38. The Morgan fingerprint density at radius 1 is 1.29 bits per heavy atom. The summed E-state index contributed by atoms with van der Waals surface area (Å²) in [5, 5.41) is 3.56. The number of benzene rings is 1. The Kier molecular flexibility index (Phi) is 3.76. The number of nitrogen functional groups attached to an aromatic ring is 1. The Labute approximate surface area is 125 Å². The third-order valence-corrected chi connectivity index (χ3v) is 5.03. The normalized spacial score (nSPS) is 29.1. The molecule has 0 aliphatic carbocycles. The van der Waals surface area contributed by atoms with Crippen LogP contribution < -0.4 is 16.8 Å². The molecule has 2 fully saturated rings. The van der Waals surface area contributed by atoms with Crippen molar-refractivity contribution in [2.24, 2.45) is 5.73 Å². The van der Waals surface area contributed by atoms with Gasteiger partial charge in [-0.25, -0.2) is 0 Å². The Balaban J connectivity index is 1.72. The van der Waals surface area contributed by atoms with E-state index in [1.807, 2.05) is 6.07 Å². The molecule has 1 aromatic carbocycles. The molecule has 2 aliphatic rings. The van der Waals surface area contributed by atoms with Gasteiger partial charge in [-0.1, -0.05) is 6.42 Å². The third kappa shape index (κ3) is 2.83. The maximum atomic E-state index is 11.4. The first kappa shape index (κ1) is 14.2. The van der Waals surface area contributed by atoms with Crippen LogP contribution in [0.4, 0.5) is 11.4 Å². The van der Waals surface area contributed by atoms with Crippen LogP contribution in [0.15, 0.2) is 18.2 Å². The standard InChI is InChI=1S/C16H24N4O/c1-20-12-3-2-4-13(20)8-11(7-12)19-10-5-6-15(17)14(9-10)16(18)21/h5-6,9,11-13,19H,2-4,7-8,17H2,1H3,(H2,18,21). The lowest BCUT2D eigenvalue weighted by molar-refractivity contribution is 0.0608. The Bertz CT molecular complexity index is 531. The van der Waals surface area contributed by atoms with E-state index in [1.165, 1.54) is 19.3 Å². The van der Waals surface area contributed by atoms with E-state index < -0.39 is 5.91 Å². The fourth-order valence-corrected chi connectivity index (χ4v) is 3.83. The highest BCUT2D eigenvalue weighted by atomic mass is 16.1. The molecule has 2 saturated heterocycles. The fourth-order valence-electron chi connectivity index (χ4n) is 3.83. The number of nitrogens with two attached hydrogens (primary N) is 2. The summed E-state index contributed by atoms with van der Waals surface area (Å²) in [6.45, 7) is 0. The molecular weight excluding hydrogens is 264 g/mol. The molecule has 3 rings (SSSR count). The molecule has 0 aromatic heterocycles. The molecule has 5 N–H and O–H groups in total. The SMILES string of the molecule is CN1C2CCCC1CC(Nc1ccc(N)c(C(N)=O)c1)C2. The monoisotopic (exact) mass is 288 g/mol. The molecule has 2 unspecified atom stereocenters. The second kappa shape index (κ2) is 5.56. The highest BCUT2D eigenvalue weighted by molar-refractivity contribution is 5.98. The Hall–Kier alpha value is -1.75. The van der Waals surface area contributed by atoms with E-state index in [4.69, 9.17) is 11.5 Å². The van der Waals surface area contributed by atoms with Crippen molar-refractivity contribution in [2.45, 2.75) is 50.2 Å². The lowest BCUT2D eigenvalue weighted by atomic mass is 9.82. The largest absolute Gasteiger partial charge is 0.398 e. The van der Waals surface area contributed by atoms with Crippen LogP contribution in [0, 0.1) is 0 Å². The van der Waals surface area contributed by atoms with Gasteiger partial charge in [0.2, 0.25) is 0 Å². The van der Waals surface area contributed by atoms with Crippen LogP contribution in [0.25, 0.3) is 0 Å². The summed E-state index contributed by atoms with van der Waals surface area (Å²) in [7, 11) is 2.25. The number of amides is 1. The minimum Gasteiger partial charge on any atom is -0.398 e. The molecule has 2 atom stereocenters. The van der Waals surface area contributed by atoms with Crippen molar-refractivity contribution < 1.29 is 4.79 Å². The number of primary amides is 1. The van der Waals surface area contributed by atoms with Crippen LogP contribution in [-0.2, 0) is 0 Å². The lowest BCUT2D eigenvalue weighted by Crippen LogP contribution is -2.52. The molecule has 0 radical (unpaired) electrons. The topological polar surface area (TPSA) is 84.4 Å². The predicted octanol–water partition coefficient (Wildman–Crippen LogP) is 1.79. The van der Waals surface area contributed by atoms with Gasteiger partial charge in [0, 0.05) is 29.5 Å². The van der Waals surface area contributed by atoms with Gasteiger partial charge in [0.15, 0.2) is 0 Å².